The number of thiophene rings is 1. The lowest BCUT2D eigenvalue weighted by atomic mass is 10.0. The first-order chi connectivity index (χ1) is 8.56. The summed E-state index contributed by atoms with van der Waals surface area (Å²) in [6.45, 7) is 0.651. The van der Waals surface area contributed by atoms with E-state index in [9.17, 15) is 14.9 Å². The van der Waals surface area contributed by atoms with E-state index >= 15 is 0 Å². The van der Waals surface area contributed by atoms with Gasteiger partial charge in [0.2, 0.25) is 0 Å². The second kappa shape index (κ2) is 5.03. The Balaban J connectivity index is 1.89. The van der Waals surface area contributed by atoms with Crippen LogP contribution in [0.2, 0.25) is 0 Å². The second-order valence-electron chi connectivity index (χ2n) is 4.55. The molecule has 0 radical (unpaired) electrons. The van der Waals surface area contributed by atoms with Crippen LogP contribution in [0.4, 0.5) is 5.00 Å². The van der Waals surface area contributed by atoms with Crippen molar-refractivity contribution in [3.8, 4) is 0 Å². The summed E-state index contributed by atoms with van der Waals surface area (Å²) in [4.78, 5) is 22.1. The number of carbonyl (C=O) groups is 1. The molecule has 2 rings (SSSR count). The summed E-state index contributed by atoms with van der Waals surface area (Å²) in [6, 6.07) is 2.80. The highest BCUT2D eigenvalue weighted by Gasteiger charge is 2.41. The molecular formula is C11H14N2O4S. The predicted octanol–water partition coefficient (Wildman–Crippen LogP) is 1.55. The monoisotopic (exact) mass is 270 g/mol. The minimum atomic E-state index is -0.504. The Morgan fingerprint density at radius 2 is 2.28 bits per heavy atom. The summed E-state index contributed by atoms with van der Waals surface area (Å²) in [6.07, 6.45) is 2.72. The van der Waals surface area contributed by atoms with Gasteiger partial charge in [-0.3, -0.25) is 14.9 Å². The Labute approximate surface area is 108 Å². The maximum Gasteiger partial charge on any atom is 0.324 e. The van der Waals surface area contributed by atoms with Gasteiger partial charge in [0.05, 0.1) is 9.80 Å². The Morgan fingerprint density at radius 1 is 1.56 bits per heavy atom. The summed E-state index contributed by atoms with van der Waals surface area (Å²) < 4.78 is 0. The van der Waals surface area contributed by atoms with Gasteiger partial charge in [-0.1, -0.05) is 11.3 Å². The fourth-order valence-electron chi connectivity index (χ4n) is 1.83. The smallest absolute Gasteiger partial charge is 0.324 e. The van der Waals surface area contributed by atoms with E-state index in [0.717, 1.165) is 24.2 Å². The standard InChI is InChI=1S/C11H14N2O4S/c14-6-5-11(3-4-11)7-12-10(15)8-1-2-9(18-8)13(16)17/h1-2,14H,3-7H2,(H,12,15). The van der Waals surface area contributed by atoms with Crippen LogP contribution in [0.1, 0.15) is 28.9 Å². The zero-order chi connectivity index (χ0) is 13.2. The minimum absolute atomic E-state index is 0.0309. The highest BCUT2D eigenvalue weighted by atomic mass is 32.1. The highest BCUT2D eigenvalue weighted by Crippen LogP contribution is 2.47. The molecule has 1 aromatic heterocycles. The van der Waals surface area contributed by atoms with E-state index in [1.807, 2.05) is 0 Å². The van der Waals surface area contributed by atoms with Crippen LogP contribution in [0.3, 0.4) is 0 Å². The van der Waals surface area contributed by atoms with E-state index in [-0.39, 0.29) is 22.9 Å². The topological polar surface area (TPSA) is 92.5 Å². The van der Waals surface area contributed by atoms with Gasteiger partial charge in [0.15, 0.2) is 0 Å². The summed E-state index contributed by atoms with van der Waals surface area (Å²) >= 11 is 0.873. The van der Waals surface area contributed by atoms with E-state index in [4.69, 9.17) is 5.11 Å². The second-order valence-corrected chi connectivity index (χ2v) is 5.61. The molecule has 1 fully saturated rings. The van der Waals surface area contributed by atoms with E-state index < -0.39 is 4.92 Å². The van der Waals surface area contributed by atoms with Crippen LogP contribution in [0.25, 0.3) is 0 Å². The lowest BCUT2D eigenvalue weighted by molar-refractivity contribution is -0.380. The fourth-order valence-corrected chi connectivity index (χ4v) is 2.57. The normalized spacial score (nSPS) is 16.3. The highest BCUT2D eigenvalue weighted by molar-refractivity contribution is 7.17. The summed E-state index contributed by atoms with van der Waals surface area (Å²) in [5.74, 6) is -0.280. The van der Waals surface area contributed by atoms with Crippen molar-refractivity contribution in [3.63, 3.8) is 0 Å². The number of aliphatic hydroxyl groups is 1. The largest absolute Gasteiger partial charge is 0.396 e. The molecule has 1 aliphatic rings. The van der Waals surface area contributed by atoms with Crippen LogP contribution < -0.4 is 5.32 Å². The van der Waals surface area contributed by atoms with Crippen LogP contribution in [0.15, 0.2) is 12.1 Å². The molecule has 6 nitrogen and oxygen atoms in total. The van der Waals surface area contributed by atoms with Crippen molar-refractivity contribution in [2.75, 3.05) is 13.2 Å². The van der Waals surface area contributed by atoms with E-state index in [1.165, 1.54) is 12.1 Å². The first-order valence-electron chi connectivity index (χ1n) is 5.70. The molecule has 0 spiro atoms. The zero-order valence-electron chi connectivity index (χ0n) is 9.72. The SMILES string of the molecule is O=C(NCC1(CCO)CC1)c1ccc([N+](=O)[O-])s1. The maximum absolute atomic E-state index is 11.8. The molecule has 1 amide bonds. The molecule has 2 N–H and O–H groups in total. The number of aliphatic hydroxyl groups excluding tert-OH is 1. The van der Waals surface area contributed by atoms with Gasteiger partial charge in [0.25, 0.3) is 5.91 Å². The van der Waals surface area contributed by atoms with Crippen molar-refractivity contribution >= 4 is 22.2 Å². The molecular weight excluding hydrogens is 256 g/mol. The number of nitrogens with zero attached hydrogens (tertiary/aromatic N) is 1. The maximum atomic E-state index is 11.8. The van der Waals surface area contributed by atoms with E-state index in [1.54, 1.807) is 0 Å². The van der Waals surface area contributed by atoms with Crippen molar-refractivity contribution in [2.45, 2.75) is 19.3 Å². The van der Waals surface area contributed by atoms with Crippen LogP contribution >= 0.6 is 11.3 Å². The van der Waals surface area contributed by atoms with Crippen LogP contribution in [-0.2, 0) is 0 Å². The number of rotatable bonds is 6. The van der Waals surface area contributed by atoms with Gasteiger partial charge in [0.1, 0.15) is 0 Å². The Bertz CT molecular complexity index is 467. The molecule has 0 atom stereocenters. The molecule has 18 heavy (non-hydrogen) atoms. The van der Waals surface area contributed by atoms with Crippen LogP contribution in [0, 0.1) is 15.5 Å². The zero-order valence-corrected chi connectivity index (χ0v) is 10.5. The molecule has 0 unspecified atom stereocenters. The molecule has 0 aliphatic heterocycles. The molecule has 0 saturated heterocycles. The Hall–Kier alpha value is -1.47. The van der Waals surface area contributed by atoms with Gasteiger partial charge >= 0.3 is 5.00 Å². The number of hydrogen-bond donors (Lipinski definition) is 2. The van der Waals surface area contributed by atoms with Crippen molar-refractivity contribution in [1.82, 2.24) is 5.32 Å². The quantitative estimate of drug-likeness (QED) is 0.606. The van der Waals surface area contributed by atoms with E-state index in [0.29, 0.717) is 17.8 Å². The number of nitrogens with one attached hydrogen (secondary N) is 1. The number of hydrogen-bond acceptors (Lipinski definition) is 5. The first kappa shape index (κ1) is 13.0. The molecule has 0 aromatic carbocycles. The third-order valence-electron chi connectivity index (χ3n) is 3.22. The molecule has 0 bridgehead atoms. The van der Waals surface area contributed by atoms with Crippen molar-refractivity contribution < 1.29 is 14.8 Å². The first-order valence-corrected chi connectivity index (χ1v) is 6.51. The van der Waals surface area contributed by atoms with Gasteiger partial charge in [-0.25, -0.2) is 0 Å². The lowest BCUT2D eigenvalue weighted by Gasteiger charge is -2.13. The summed E-state index contributed by atoms with van der Waals surface area (Å²) in [5.41, 5.74) is 0.0492. The van der Waals surface area contributed by atoms with Gasteiger partial charge in [-0.2, -0.15) is 0 Å². The van der Waals surface area contributed by atoms with Crippen molar-refractivity contribution in [2.24, 2.45) is 5.41 Å². The van der Waals surface area contributed by atoms with Gasteiger partial charge < -0.3 is 10.4 Å². The molecule has 1 aliphatic carbocycles. The third-order valence-corrected chi connectivity index (χ3v) is 4.25. The lowest BCUT2D eigenvalue weighted by Crippen LogP contribution is -2.30. The molecule has 1 heterocycles. The van der Waals surface area contributed by atoms with Crippen LogP contribution in [0.5, 0.6) is 0 Å². The van der Waals surface area contributed by atoms with Gasteiger partial charge in [-0.15, -0.1) is 0 Å². The average molecular weight is 270 g/mol. The molecule has 98 valence electrons. The number of carbonyl (C=O) groups excluding carboxylic acids is 1. The van der Waals surface area contributed by atoms with Gasteiger partial charge in [-0.05, 0) is 30.7 Å². The minimum Gasteiger partial charge on any atom is -0.396 e. The van der Waals surface area contributed by atoms with E-state index in [2.05, 4.69) is 5.32 Å². The van der Waals surface area contributed by atoms with Crippen LogP contribution in [-0.4, -0.2) is 29.1 Å². The summed E-state index contributed by atoms with van der Waals surface area (Å²) in [5, 5.41) is 22.2. The van der Waals surface area contributed by atoms with Gasteiger partial charge in [0, 0.05) is 19.2 Å². The number of amides is 1. The summed E-state index contributed by atoms with van der Waals surface area (Å²) in [7, 11) is 0. The average Bonchev–Trinajstić information content (AvgIpc) is 2.92. The van der Waals surface area contributed by atoms with Crippen molar-refractivity contribution in [3.05, 3.63) is 27.1 Å². The predicted molar refractivity (Wildman–Crippen MR) is 66.7 cm³/mol. The third kappa shape index (κ3) is 2.85. The fraction of sp³-hybridized carbons (Fsp3) is 0.545. The van der Waals surface area contributed by atoms with Crippen molar-refractivity contribution in [1.29, 1.82) is 0 Å². The molecule has 7 heteroatoms. The molecule has 1 saturated carbocycles. The Morgan fingerprint density at radius 3 is 2.78 bits per heavy atom. The Kier molecular flexibility index (Phi) is 3.63. The number of nitro groups is 1. The molecule has 1 aromatic rings.